The zero-order valence-electron chi connectivity index (χ0n) is 12.8. The highest BCUT2D eigenvalue weighted by Gasteiger charge is 2.07. The first-order valence-corrected chi connectivity index (χ1v) is 7.57. The summed E-state index contributed by atoms with van der Waals surface area (Å²) in [4.78, 5) is 11.9. The number of carbonyl (C=O) groups excluding carboxylic acids is 1. The summed E-state index contributed by atoms with van der Waals surface area (Å²) >= 11 is 5.80. The summed E-state index contributed by atoms with van der Waals surface area (Å²) in [6.45, 7) is 1.63. The lowest BCUT2D eigenvalue weighted by Gasteiger charge is -2.08. The fraction of sp³-hybridized carbons (Fsp3) is 0.118. The summed E-state index contributed by atoms with van der Waals surface area (Å²) in [5, 5.41) is 11.1. The van der Waals surface area contributed by atoms with Crippen molar-refractivity contribution < 1.29 is 13.9 Å². The number of nitrogens with one attached hydrogen (secondary N) is 1. The first-order valence-electron chi connectivity index (χ1n) is 7.19. The second kappa shape index (κ2) is 7.14. The van der Waals surface area contributed by atoms with E-state index in [9.17, 15) is 4.79 Å². The van der Waals surface area contributed by atoms with Gasteiger partial charge in [-0.1, -0.05) is 11.6 Å². The molecule has 7 heteroatoms. The van der Waals surface area contributed by atoms with Crippen molar-refractivity contribution in [1.82, 2.24) is 10.2 Å². The number of aromatic nitrogens is 2. The van der Waals surface area contributed by atoms with Crippen LogP contribution >= 0.6 is 11.6 Å². The average molecular weight is 344 g/mol. The Balaban J connectivity index is 1.54. The highest BCUT2D eigenvalue weighted by Crippen LogP contribution is 2.21. The minimum atomic E-state index is -0.256. The van der Waals surface area contributed by atoms with Crippen molar-refractivity contribution in [2.75, 3.05) is 11.9 Å². The molecule has 0 aliphatic heterocycles. The lowest BCUT2D eigenvalue weighted by molar-refractivity contribution is -0.118. The fourth-order valence-corrected chi connectivity index (χ4v) is 2.11. The molecule has 122 valence electrons. The number of halogens is 1. The summed E-state index contributed by atoms with van der Waals surface area (Å²) in [6.07, 6.45) is 0. The van der Waals surface area contributed by atoms with Crippen LogP contribution in [-0.2, 0) is 4.79 Å². The highest BCUT2D eigenvalue weighted by molar-refractivity contribution is 6.30. The highest BCUT2D eigenvalue weighted by atomic mass is 35.5. The van der Waals surface area contributed by atoms with Crippen LogP contribution in [0.15, 0.2) is 52.9 Å². The topological polar surface area (TPSA) is 77.2 Å². The molecule has 0 saturated heterocycles. The van der Waals surface area contributed by atoms with Gasteiger partial charge in [-0.3, -0.25) is 4.79 Å². The molecular formula is C17H14ClN3O3. The molecular weight excluding hydrogens is 330 g/mol. The molecule has 1 aromatic heterocycles. The minimum Gasteiger partial charge on any atom is -0.484 e. The molecule has 0 aliphatic carbocycles. The lowest BCUT2D eigenvalue weighted by Crippen LogP contribution is -2.20. The Kier molecular flexibility index (Phi) is 4.77. The molecule has 2 aromatic carbocycles. The Morgan fingerprint density at radius 1 is 1.12 bits per heavy atom. The fourth-order valence-electron chi connectivity index (χ4n) is 1.99. The number of ether oxygens (including phenoxy) is 1. The molecule has 24 heavy (non-hydrogen) atoms. The van der Waals surface area contributed by atoms with E-state index in [1.165, 1.54) is 0 Å². The molecule has 1 N–H and O–H groups in total. The van der Waals surface area contributed by atoms with Crippen LogP contribution in [0.1, 0.15) is 5.89 Å². The maximum absolute atomic E-state index is 11.9. The van der Waals surface area contributed by atoms with Gasteiger partial charge < -0.3 is 14.5 Å². The van der Waals surface area contributed by atoms with Gasteiger partial charge in [-0.25, -0.2) is 0 Å². The third kappa shape index (κ3) is 4.11. The Bertz CT molecular complexity index is 829. The van der Waals surface area contributed by atoms with Crippen LogP contribution < -0.4 is 10.1 Å². The molecule has 0 spiro atoms. The normalized spacial score (nSPS) is 10.4. The molecule has 1 amide bonds. The molecule has 6 nitrogen and oxygen atoms in total. The van der Waals surface area contributed by atoms with E-state index in [-0.39, 0.29) is 12.5 Å². The first kappa shape index (κ1) is 16.0. The average Bonchev–Trinajstić information content (AvgIpc) is 3.02. The van der Waals surface area contributed by atoms with Crippen LogP contribution in [-0.4, -0.2) is 22.7 Å². The van der Waals surface area contributed by atoms with Gasteiger partial charge in [0, 0.05) is 23.2 Å². The molecule has 0 fully saturated rings. The van der Waals surface area contributed by atoms with Crippen molar-refractivity contribution in [1.29, 1.82) is 0 Å². The van der Waals surface area contributed by atoms with Crippen LogP contribution in [0.2, 0.25) is 5.02 Å². The predicted molar refractivity (Wildman–Crippen MR) is 90.0 cm³/mol. The Hall–Kier alpha value is -2.86. The second-order valence-corrected chi connectivity index (χ2v) is 5.43. The summed E-state index contributed by atoms with van der Waals surface area (Å²) in [7, 11) is 0. The van der Waals surface area contributed by atoms with E-state index in [2.05, 4.69) is 15.5 Å². The van der Waals surface area contributed by atoms with Crippen molar-refractivity contribution in [2.24, 2.45) is 0 Å². The Morgan fingerprint density at radius 3 is 2.46 bits per heavy atom. The number of nitrogens with zero attached hydrogens (tertiary/aromatic N) is 2. The standard InChI is InChI=1S/C17H14ClN3O3/c1-11-20-21-17(24-11)12-2-8-15(9-3-12)23-10-16(22)19-14-6-4-13(18)5-7-14/h2-9H,10H2,1H3,(H,19,22). The van der Waals surface area contributed by atoms with Gasteiger partial charge in [0.1, 0.15) is 5.75 Å². The molecule has 0 bridgehead atoms. The number of rotatable bonds is 5. The molecule has 3 rings (SSSR count). The van der Waals surface area contributed by atoms with Crippen molar-refractivity contribution in [2.45, 2.75) is 6.92 Å². The molecule has 1 heterocycles. The van der Waals surface area contributed by atoms with Gasteiger partial charge in [-0.15, -0.1) is 10.2 Å². The molecule has 0 radical (unpaired) electrons. The van der Waals surface area contributed by atoms with Crippen molar-refractivity contribution in [3.05, 3.63) is 59.4 Å². The monoisotopic (exact) mass is 343 g/mol. The van der Waals surface area contributed by atoms with Gasteiger partial charge in [0.05, 0.1) is 0 Å². The number of benzene rings is 2. The number of carbonyl (C=O) groups is 1. The van der Waals surface area contributed by atoms with E-state index in [0.29, 0.717) is 28.2 Å². The summed E-state index contributed by atoms with van der Waals surface area (Å²) in [5.74, 6) is 1.26. The van der Waals surface area contributed by atoms with Gasteiger partial charge in [0.15, 0.2) is 6.61 Å². The van der Waals surface area contributed by atoms with Gasteiger partial charge in [-0.2, -0.15) is 0 Å². The van der Waals surface area contributed by atoms with E-state index in [1.807, 2.05) is 0 Å². The van der Waals surface area contributed by atoms with Crippen LogP contribution in [0.4, 0.5) is 5.69 Å². The van der Waals surface area contributed by atoms with E-state index in [1.54, 1.807) is 55.5 Å². The maximum Gasteiger partial charge on any atom is 0.262 e. The summed E-state index contributed by atoms with van der Waals surface area (Å²) in [5.41, 5.74) is 1.45. The van der Waals surface area contributed by atoms with Crippen molar-refractivity contribution >= 4 is 23.2 Å². The molecule has 0 unspecified atom stereocenters. The number of aryl methyl sites for hydroxylation is 1. The molecule has 0 atom stereocenters. The number of hydrogen-bond acceptors (Lipinski definition) is 5. The quantitative estimate of drug-likeness (QED) is 0.764. The van der Waals surface area contributed by atoms with Gasteiger partial charge in [0.25, 0.3) is 5.91 Å². The zero-order chi connectivity index (χ0) is 16.9. The third-order valence-electron chi connectivity index (χ3n) is 3.13. The van der Waals surface area contributed by atoms with Crippen LogP contribution in [0.3, 0.4) is 0 Å². The second-order valence-electron chi connectivity index (χ2n) is 4.99. The zero-order valence-corrected chi connectivity index (χ0v) is 13.6. The van der Waals surface area contributed by atoms with E-state index in [0.717, 1.165) is 5.56 Å². The van der Waals surface area contributed by atoms with Crippen LogP contribution in [0.25, 0.3) is 11.5 Å². The van der Waals surface area contributed by atoms with Crippen LogP contribution in [0.5, 0.6) is 5.75 Å². The first-order chi connectivity index (χ1) is 11.6. The molecule has 0 aliphatic rings. The smallest absolute Gasteiger partial charge is 0.262 e. The number of hydrogen-bond donors (Lipinski definition) is 1. The van der Waals surface area contributed by atoms with Crippen LogP contribution in [0, 0.1) is 6.92 Å². The maximum atomic E-state index is 11.9. The minimum absolute atomic E-state index is 0.0956. The lowest BCUT2D eigenvalue weighted by atomic mass is 10.2. The van der Waals surface area contributed by atoms with Crippen molar-refractivity contribution in [3.8, 4) is 17.2 Å². The number of amides is 1. The Morgan fingerprint density at radius 2 is 1.83 bits per heavy atom. The van der Waals surface area contributed by atoms with E-state index in [4.69, 9.17) is 20.8 Å². The SMILES string of the molecule is Cc1nnc(-c2ccc(OCC(=O)Nc3ccc(Cl)cc3)cc2)o1. The molecule has 0 saturated carbocycles. The van der Waals surface area contributed by atoms with Gasteiger partial charge >= 0.3 is 0 Å². The summed E-state index contributed by atoms with van der Waals surface area (Å²) in [6, 6.07) is 13.9. The molecule has 3 aromatic rings. The van der Waals surface area contributed by atoms with E-state index < -0.39 is 0 Å². The van der Waals surface area contributed by atoms with Crippen molar-refractivity contribution in [3.63, 3.8) is 0 Å². The Labute approximate surface area is 143 Å². The summed E-state index contributed by atoms with van der Waals surface area (Å²) < 4.78 is 10.8. The largest absolute Gasteiger partial charge is 0.484 e. The van der Waals surface area contributed by atoms with E-state index >= 15 is 0 Å². The number of anilines is 1. The third-order valence-corrected chi connectivity index (χ3v) is 3.38. The predicted octanol–water partition coefficient (Wildman–Crippen LogP) is 3.72. The van der Waals surface area contributed by atoms with Gasteiger partial charge in [0.2, 0.25) is 11.8 Å². The van der Waals surface area contributed by atoms with Gasteiger partial charge in [-0.05, 0) is 48.5 Å².